The summed E-state index contributed by atoms with van der Waals surface area (Å²) >= 11 is 1.66. The molecule has 1 aromatic rings. The van der Waals surface area contributed by atoms with Crippen LogP contribution < -0.4 is 0 Å². The first-order valence-electron chi connectivity index (χ1n) is 6.00. The summed E-state index contributed by atoms with van der Waals surface area (Å²) in [5.41, 5.74) is 0.820. The number of aliphatic hydroxyl groups excluding tert-OH is 1. The standard InChI is InChI=1S/C12H21N3O2S/c1-14(2)11(17)6-4-5-7-18-12-13-8-10(9-16)15(12)3/h8,16H,4-7,9H2,1-3H3. The molecule has 0 unspecified atom stereocenters. The molecule has 18 heavy (non-hydrogen) atoms. The Bertz CT molecular complexity index is 391. The lowest BCUT2D eigenvalue weighted by molar-refractivity contribution is -0.128. The maximum absolute atomic E-state index is 11.3. The molecule has 0 aliphatic heterocycles. The fourth-order valence-electron chi connectivity index (χ4n) is 1.47. The number of hydrogen-bond donors (Lipinski definition) is 1. The monoisotopic (exact) mass is 271 g/mol. The zero-order chi connectivity index (χ0) is 13.5. The number of thioether (sulfide) groups is 1. The molecule has 0 radical (unpaired) electrons. The van der Waals surface area contributed by atoms with Crippen LogP contribution in [0.1, 0.15) is 25.0 Å². The number of aromatic nitrogens is 2. The van der Waals surface area contributed by atoms with Gasteiger partial charge in [-0.25, -0.2) is 4.98 Å². The number of amides is 1. The highest BCUT2D eigenvalue weighted by atomic mass is 32.2. The molecule has 1 heterocycles. The molecule has 1 aromatic heterocycles. The molecule has 1 amide bonds. The van der Waals surface area contributed by atoms with Gasteiger partial charge in [0, 0.05) is 33.3 Å². The van der Waals surface area contributed by atoms with Crippen molar-refractivity contribution in [3.63, 3.8) is 0 Å². The Kier molecular flexibility index (Phi) is 6.21. The van der Waals surface area contributed by atoms with Gasteiger partial charge in [0.1, 0.15) is 0 Å². The summed E-state index contributed by atoms with van der Waals surface area (Å²) in [7, 11) is 5.46. The maximum atomic E-state index is 11.3. The lowest BCUT2D eigenvalue weighted by Gasteiger charge is -2.09. The molecule has 0 saturated heterocycles. The highest BCUT2D eigenvalue weighted by Gasteiger charge is 2.06. The Hall–Kier alpha value is -1.01. The van der Waals surface area contributed by atoms with Gasteiger partial charge >= 0.3 is 0 Å². The first-order chi connectivity index (χ1) is 8.56. The van der Waals surface area contributed by atoms with Crippen LogP contribution in [0.5, 0.6) is 0 Å². The predicted octanol–water partition coefficient (Wildman–Crippen LogP) is 1.26. The molecule has 102 valence electrons. The molecular weight excluding hydrogens is 250 g/mol. The zero-order valence-electron chi connectivity index (χ0n) is 11.2. The number of carbonyl (C=O) groups excluding carboxylic acids is 1. The van der Waals surface area contributed by atoms with Gasteiger partial charge in [-0.2, -0.15) is 0 Å². The van der Waals surface area contributed by atoms with E-state index in [2.05, 4.69) is 4.98 Å². The third kappa shape index (κ3) is 4.34. The van der Waals surface area contributed by atoms with Crippen molar-refractivity contribution < 1.29 is 9.90 Å². The largest absolute Gasteiger partial charge is 0.390 e. The van der Waals surface area contributed by atoms with Gasteiger partial charge in [-0.1, -0.05) is 11.8 Å². The Balaban J connectivity index is 2.22. The van der Waals surface area contributed by atoms with Gasteiger partial charge in [0.25, 0.3) is 0 Å². The van der Waals surface area contributed by atoms with Crippen molar-refractivity contribution in [2.45, 2.75) is 31.0 Å². The Morgan fingerprint density at radius 3 is 2.78 bits per heavy atom. The van der Waals surface area contributed by atoms with Gasteiger partial charge in [0.05, 0.1) is 18.5 Å². The minimum atomic E-state index is 0.0153. The molecule has 0 aliphatic rings. The Labute approximate surface area is 112 Å². The van der Waals surface area contributed by atoms with E-state index in [0.717, 1.165) is 29.4 Å². The molecule has 0 aliphatic carbocycles. The predicted molar refractivity (Wildman–Crippen MR) is 72.4 cm³/mol. The molecule has 0 saturated carbocycles. The van der Waals surface area contributed by atoms with E-state index in [1.54, 1.807) is 37.0 Å². The van der Waals surface area contributed by atoms with Crippen LogP contribution in [0.25, 0.3) is 0 Å². The fraction of sp³-hybridized carbons (Fsp3) is 0.667. The van der Waals surface area contributed by atoms with Gasteiger partial charge in [-0.15, -0.1) is 0 Å². The van der Waals surface area contributed by atoms with Crippen molar-refractivity contribution in [3.05, 3.63) is 11.9 Å². The van der Waals surface area contributed by atoms with Crippen LogP contribution in [0.15, 0.2) is 11.4 Å². The summed E-state index contributed by atoms with van der Waals surface area (Å²) in [6.45, 7) is 0.0153. The highest BCUT2D eigenvalue weighted by Crippen LogP contribution is 2.19. The first-order valence-corrected chi connectivity index (χ1v) is 6.99. The second-order valence-corrected chi connectivity index (χ2v) is 5.41. The summed E-state index contributed by atoms with van der Waals surface area (Å²) in [6.07, 6.45) is 4.20. The lowest BCUT2D eigenvalue weighted by Crippen LogP contribution is -2.21. The third-order valence-electron chi connectivity index (χ3n) is 2.72. The number of nitrogens with zero attached hydrogens (tertiary/aromatic N) is 3. The topological polar surface area (TPSA) is 58.4 Å². The number of aliphatic hydroxyl groups is 1. The molecule has 0 atom stereocenters. The van der Waals surface area contributed by atoms with Crippen molar-refractivity contribution in [3.8, 4) is 0 Å². The lowest BCUT2D eigenvalue weighted by atomic mass is 10.2. The van der Waals surface area contributed by atoms with Crippen molar-refractivity contribution in [1.82, 2.24) is 14.5 Å². The average Bonchev–Trinajstić information content (AvgIpc) is 2.69. The van der Waals surface area contributed by atoms with Crippen LogP contribution in [0.4, 0.5) is 0 Å². The Morgan fingerprint density at radius 2 is 2.22 bits per heavy atom. The van der Waals surface area contributed by atoms with Crippen LogP contribution >= 0.6 is 11.8 Å². The minimum absolute atomic E-state index is 0.0153. The van der Waals surface area contributed by atoms with Crippen molar-refractivity contribution in [1.29, 1.82) is 0 Å². The molecule has 0 spiro atoms. The molecule has 1 rings (SSSR count). The fourth-order valence-corrected chi connectivity index (χ4v) is 2.44. The van der Waals surface area contributed by atoms with Gasteiger partial charge in [-0.05, 0) is 12.8 Å². The van der Waals surface area contributed by atoms with Crippen molar-refractivity contribution in [2.24, 2.45) is 7.05 Å². The van der Waals surface area contributed by atoms with E-state index in [0.29, 0.717) is 6.42 Å². The van der Waals surface area contributed by atoms with Gasteiger partial charge < -0.3 is 14.6 Å². The minimum Gasteiger partial charge on any atom is -0.390 e. The SMILES string of the molecule is CN(C)C(=O)CCCCSc1ncc(CO)n1C. The second-order valence-electron chi connectivity index (χ2n) is 4.34. The van der Waals surface area contributed by atoms with Gasteiger partial charge in [0.15, 0.2) is 5.16 Å². The maximum Gasteiger partial charge on any atom is 0.222 e. The number of imidazole rings is 1. The molecule has 0 aromatic carbocycles. The summed E-state index contributed by atoms with van der Waals surface area (Å²) < 4.78 is 1.90. The van der Waals surface area contributed by atoms with E-state index < -0.39 is 0 Å². The van der Waals surface area contributed by atoms with E-state index in [9.17, 15) is 4.79 Å². The van der Waals surface area contributed by atoms with E-state index in [4.69, 9.17) is 5.11 Å². The van der Waals surface area contributed by atoms with Crippen LogP contribution in [-0.4, -0.2) is 45.3 Å². The molecular formula is C12H21N3O2S. The molecule has 5 nitrogen and oxygen atoms in total. The van der Waals surface area contributed by atoms with E-state index in [-0.39, 0.29) is 12.5 Å². The highest BCUT2D eigenvalue weighted by molar-refractivity contribution is 7.99. The smallest absolute Gasteiger partial charge is 0.222 e. The molecule has 0 bridgehead atoms. The number of carbonyl (C=O) groups is 1. The summed E-state index contributed by atoms with van der Waals surface area (Å²) in [6, 6.07) is 0. The third-order valence-corrected chi connectivity index (χ3v) is 3.85. The van der Waals surface area contributed by atoms with Crippen LogP contribution in [-0.2, 0) is 18.4 Å². The Morgan fingerprint density at radius 1 is 1.50 bits per heavy atom. The summed E-state index contributed by atoms with van der Waals surface area (Å²) in [4.78, 5) is 17.2. The number of hydrogen-bond acceptors (Lipinski definition) is 4. The molecule has 6 heteroatoms. The van der Waals surface area contributed by atoms with E-state index in [1.807, 2.05) is 11.6 Å². The van der Waals surface area contributed by atoms with Crippen LogP contribution in [0.3, 0.4) is 0 Å². The van der Waals surface area contributed by atoms with Gasteiger partial charge in [-0.3, -0.25) is 4.79 Å². The number of rotatable bonds is 7. The average molecular weight is 271 g/mol. The van der Waals surface area contributed by atoms with E-state index >= 15 is 0 Å². The van der Waals surface area contributed by atoms with Crippen molar-refractivity contribution >= 4 is 17.7 Å². The molecule has 0 fully saturated rings. The van der Waals surface area contributed by atoms with E-state index in [1.165, 1.54) is 0 Å². The first kappa shape index (κ1) is 15.0. The number of unbranched alkanes of at least 4 members (excludes halogenated alkanes) is 1. The summed E-state index contributed by atoms with van der Waals surface area (Å²) in [5, 5.41) is 9.96. The van der Waals surface area contributed by atoms with Crippen LogP contribution in [0, 0.1) is 0 Å². The zero-order valence-corrected chi connectivity index (χ0v) is 12.0. The summed E-state index contributed by atoms with van der Waals surface area (Å²) in [5.74, 6) is 1.12. The van der Waals surface area contributed by atoms with Crippen LogP contribution in [0.2, 0.25) is 0 Å². The van der Waals surface area contributed by atoms with Crippen molar-refractivity contribution in [2.75, 3.05) is 19.8 Å². The quantitative estimate of drug-likeness (QED) is 0.599. The normalized spacial score (nSPS) is 10.7. The second kappa shape index (κ2) is 7.43. The van der Waals surface area contributed by atoms with Gasteiger partial charge in [0.2, 0.25) is 5.91 Å². The molecule has 1 N–H and O–H groups in total.